The molecule has 0 aromatic rings. The molecule has 0 saturated heterocycles. The molecule has 0 rings (SSSR count). The lowest BCUT2D eigenvalue weighted by molar-refractivity contribution is 0.579. The minimum atomic E-state index is -0.427. The third-order valence-corrected chi connectivity index (χ3v) is 0.991. The zero-order valence-electron chi connectivity index (χ0n) is 4.41. The first-order valence-corrected chi connectivity index (χ1v) is 2.79. The van der Waals surface area contributed by atoms with Crippen LogP contribution in [-0.4, -0.2) is 11.5 Å². The molecular formula is C5H9FS. The van der Waals surface area contributed by atoms with Crippen LogP contribution >= 0.6 is 12.2 Å². The maximum atomic E-state index is 11.4. The Bertz CT molecular complexity index is 61.1. The van der Waals surface area contributed by atoms with Crippen LogP contribution in [0.15, 0.2) is 0 Å². The summed E-state index contributed by atoms with van der Waals surface area (Å²) >= 11 is 4.58. The van der Waals surface area contributed by atoms with E-state index in [0.29, 0.717) is 4.86 Å². The van der Waals surface area contributed by atoms with Crippen molar-refractivity contribution >= 4 is 17.1 Å². The van der Waals surface area contributed by atoms with E-state index in [0.717, 1.165) is 12.8 Å². The Morgan fingerprint density at radius 2 is 2.29 bits per heavy atom. The van der Waals surface area contributed by atoms with Gasteiger partial charge in [-0.05, 0) is 6.42 Å². The van der Waals surface area contributed by atoms with Crippen LogP contribution in [0.2, 0.25) is 0 Å². The maximum absolute atomic E-state index is 11.4. The molecule has 0 heterocycles. The quantitative estimate of drug-likeness (QED) is 0.514. The lowest BCUT2D eigenvalue weighted by Gasteiger charge is -1.89. The summed E-state index contributed by atoms with van der Waals surface area (Å²) in [7, 11) is 0. The monoisotopic (exact) mass is 120 g/mol. The Morgan fingerprint density at radius 1 is 1.71 bits per heavy atom. The van der Waals surface area contributed by atoms with Crippen LogP contribution in [0.5, 0.6) is 0 Å². The van der Waals surface area contributed by atoms with E-state index in [2.05, 4.69) is 12.2 Å². The minimum absolute atomic E-state index is 0.427. The van der Waals surface area contributed by atoms with Crippen LogP contribution in [0.4, 0.5) is 4.39 Å². The van der Waals surface area contributed by atoms with E-state index in [1.54, 1.807) is 0 Å². The molecule has 42 valence electrons. The Balaban J connectivity index is 3.00. The summed E-state index contributed by atoms with van der Waals surface area (Å²) in [6.07, 6.45) is 1.72. The second kappa shape index (κ2) is 4.19. The molecule has 0 atom stereocenters. The molecule has 0 aliphatic rings. The second-order valence-corrected chi connectivity index (χ2v) is 2.00. The molecule has 0 bridgehead atoms. The van der Waals surface area contributed by atoms with Gasteiger partial charge in [0.05, 0.1) is 0 Å². The van der Waals surface area contributed by atoms with Crippen molar-refractivity contribution in [2.24, 2.45) is 0 Å². The van der Waals surface area contributed by atoms with Gasteiger partial charge < -0.3 is 0 Å². The van der Waals surface area contributed by atoms with E-state index >= 15 is 0 Å². The van der Waals surface area contributed by atoms with Crippen molar-refractivity contribution in [1.29, 1.82) is 0 Å². The van der Waals surface area contributed by atoms with Gasteiger partial charge in [0.2, 0.25) is 0 Å². The van der Waals surface area contributed by atoms with Crippen LogP contribution in [-0.2, 0) is 0 Å². The molecule has 0 aliphatic carbocycles. The summed E-state index contributed by atoms with van der Waals surface area (Å²) < 4.78 is 11.4. The average molecular weight is 120 g/mol. The number of alkyl halides is 1. The Hall–Kier alpha value is 0.0200. The van der Waals surface area contributed by atoms with Gasteiger partial charge in [-0.15, -0.1) is 0 Å². The topological polar surface area (TPSA) is 0 Å². The van der Waals surface area contributed by atoms with Gasteiger partial charge in [-0.3, -0.25) is 0 Å². The van der Waals surface area contributed by atoms with Crippen molar-refractivity contribution < 1.29 is 4.39 Å². The summed E-state index contributed by atoms with van der Waals surface area (Å²) in [6.45, 7) is 1.56. The van der Waals surface area contributed by atoms with E-state index in [1.165, 1.54) is 0 Å². The fraction of sp³-hybridized carbons (Fsp3) is 0.800. The number of halogens is 1. The average Bonchev–Trinajstić information content (AvgIpc) is 1.68. The van der Waals surface area contributed by atoms with Gasteiger partial charge in [-0.1, -0.05) is 25.6 Å². The standard InChI is InChI=1S/C5H9FS/c1-2-3-5(7)4-6/h2-4H2,1H3. The van der Waals surface area contributed by atoms with Gasteiger partial charge in [0.15, 0.2) is 0 Å². The summed E-state index contributed by atoms with van der Waals surface area (Å²) in [6, 6.07) is 0. The highest BCUT2D eigenvalue weighted by molar-refractivity contribution is 7.80. The number of hydrogen-bond acceptors (Lipinski definition) is 1. The van der Waals surface area contributed by atoms with Crippen LogP contribution in [0.25, 0.3) is 0 Å². The van der Waals surface area contributed by atoms with Crippen LogP contribution in [0, 0.1) is 0 Å². The van der Waals surface area contributed by atoms with E-state index in [-0.39, 0.29) is 0 Å². The van der Waals surface area contributed by atoms with Crippen LogP contribution in [0.3, 0.4) is 0 Å². The lowest BCUT2D eigenvalue weighted by Crippen LogP contribution is -1.93. The van der Waals surface area contributed by atoms with Crippen molar-refractivity contribution in [2.75, 3.05) is 6.67 Å². The molecule has 0 nitrogen and oxygen atoms in total. The van der Waals surface area contributed by atoms with Crippen molar-refractivity contribution in [2.45, 2.75) is 19.8 Å². The molecule has 7 heavy (non-hydrogen) atoms. The Morgan fingerprint density at radius 3 is 2.43 bits per heavy atom. The minimum Gasteiger partial charge on any atom is -0.245 e. The lowest BCUT2D eigenvalue weighted by atomic mass is 10.3. The molecule has 0 aromatic carbocycles. The molecule has 0 aliphatic heterocycles. The van der Waals surface area contributed by atoms with Gasteiger partial charge in [0.25, 0.3) is 0 Å². The third-order valence-electron chi connectivity index (χ3n) is 0.678. The number of thiocarbonyl (C=S) groups is 1. The normalized spacial score (nSPS) is 8.86. The highest BCUT2D eigenvalue weighted by Crippen LogP contribution is 1.91. The molecule has 0 spiro atoms. The highest BCUT2D eigenvalue weighted by Gasteiger charge is 1.89. The van der Waals surface area contributed by atoms with Crippen molar-refractivity contribution in [3.05, 3.63) is 0 Å². The third kappa shape index (κ3) is 3.86. The molecular weight excluding hydrogens is 111 g/mol. The number of hydrogen-bond donors (Lipinski definition) is 0. The van der Waals surface area contributed by atoms with Crippen molar-refractivity contribution in [1.82, 2.24) is 0 Å². The molecule has 0 N–H and O–H groups in total. The van der Waals surface area contributed by atoms with Gasteiger partial charge in [-0.25, -0.2) is 4.39 Å². The van der Waals surface area contributed by atoms with Crippen molar-refractivity contribution in [3.8, 4) is 0 Å². The fourth-order valence-electron chi connectivity index (χ4n) is 0.346. The fourth-order valence-corrected chi connectivity index (χ4v) is 0.550. The molecule has 0 fully saturated rings. The molecule has 0 radical (unpaired) electrons. The maximum Gasteiger partial charge on any atom is 0.121 e. The predicted molar refractivity (Wildman–Crippen MR) is 33.5 cm³/mol. The van der Waals surface area contributed by atoms with E-state index in [1.807, 2.05) is 6.92 Å². The zero-order valence-corrected chi connectivity index (χ0v) is 5.22. The first-order valence-electron chi connectivity index (χ1n) is 2.39. The van der Waals surface area contributed by atoms with E-state index < -0.39 is 6.67 Å². The SMILES string of the molecule is CCCC(=S)CF. The smallest absolute Gasteiger partial charge is 0.121 e. The summed E-state index contributed by atoms with van der Waals surface area (Å²) in [5, 5.41) is 0. The van der Waals surface area contributed by atoms with E-state index in [4.69, 9.17) is 0 Å². The summed E-state index contributed by atoms with van der Waals surface area (Å²) in [5.41, 5.74) is 0. The van der Waals surface area contributed by atoms with Gasteiger partial charge >= 0.3 is 0 Å². The molecule has 0 unspecified atom stereocenters. The molecule has 0 aromatic heterocycles. The second-order valence-electron chi connectivity index (χ2n) is 1.42. The Labute approximate surface area is 48.7 Å². The van der Waals surface area contributed by atoms with Gasteiger partial charge in [0, 0.05) is 4.86 Å². The first kappa shape index (κ1) is 7.02. The first-order chi connectivity index (χ1) is 3.31. The van der Waals surface area contributed by atoms with Crippen molar-refractivity contribution in [3.63, 3.8) is 0 Å². The van der Waals surface area contributed by atoms with Crippen LogP contribution in [0.1, 0.15) is 19.8 Å². The number of rotatable bonds is 3. The van der Waals surface area contributed by atoms with Gasteiger partial charge in [-0.2, -0.15) is 0 Å². The zero-order chi connectivity index (χ0) is 5.70. The summed E-state index contributed by atoms with van der Waals surface area (Å²) in [5.74, 6) is 0. The highest BCUT2D eigenvalue weighted by atomic mass is 32.1. The van der Waals surface area contributed by atoms with Gasteiger partial charge in [0.1, 0.15) is 6.67 Å². The van der Waals surface area contributed by atoms with Crippen LogP contribution < -0.4 is 0 Å². The molecule has 0 amide bonds. The largest absolute Gasteiger partial charge is 0.245 e. The summed E-state index contributed by atoms with van der Waals surface area (Å²) in [4.78, 5) is 0.544. The Kier molecular flexibility index (Phi) is 4.20. The molecule has 2 heteroatoms. The molecule has 0 saturated carbocycles. The predicted octanol–water partition coefficient (Wildman–Crippen LogP) is 2.13. The van der Waals surface area contributed by atoms with E-state index in [9.17, 15) is 4.39 Å².